The molecule has 0 fully saturated rings. The first-order valence-electron chi connectivity index (χ1n) is 4.53. The lowest BCUT2D eigenvalue weighted by Gasteiger charge is -1.97. The molecule has 0 bridgehead atoms. The summed E-state index contributed by atoms with van der Waals surface area (Å²) in [6.07, 6.45) is 0. The number of benzene rings is 1. The van der Waals surface area contributed by atoms with Crippen molar-refractivity contribution < 1.29 is 8.91 Å². The Morgan fingerprint density at radius 2 is 2.20 bits per heavy atom. The molecule has 1 heteroatoms. The number of hydrogen-bond acceptors (Lipinski definition) is 1. The molecule has 1 rings (SSSR count). The van der Waals surface area contributed by atoms with Crippen molar-refractivity contribution in [3.8, 4) is 0 Å². The van der Waals surface area contributed by atoms with Crippen molar-refractivity contribution in [1.29, 1.82) is 0 Å². The normalized spacial score (nSPS) is 15.1. The van der Waals surface area contributed by atoms with Crippen LogP contribution in [0.1, 0.15) is 27.0 Å². The van der Waals surface area contributed by atoms with Gasteiger partial charge in [0.2, 0.25) is 0 Å². The number of aryl methyl sites for hydroxylation is 1. The van der Waals surface area contributed by atoms with Gasteiger partial charge in [0, 0.05) is 9.68 Å². The Balaban J connectivity index is 3.28. The Kier molecular flexibility index (Phi) is 1.04. The van der Waals surface area contributed by atoms with E-state index in [4.69, 9.17) is 4.11 Å². The second kappa shape index (κ2) is 2.65. The van der Waals surface area contributed by atoms with Gasteiger partial charge in [-0.25, -0.2) is 0 Å². The van der Waals surface area contributed by atoms with Crippen LogP contribution in [-0.4, -0.2) is 5.78 Å². The van der Waals surface area contributed by atoms with Crippen LogP contribution >= 0.6 is 0 Å². The molecule has 0 atom stereocenters. The Labute approximate surface area is 64.9 Å². The largest absolute Gasteiger partial charge is 0.295 e. The summed E-state index contributed by atoms with van der Waals surface area (Å²) in [5.41, 5.74) is 0.407. The predicted octanol–water partition coefficient (Wildman–Crippen LogP) is 2.20. The molecule has 0 aliphatic rings. The van der Waals surface area contributed by atoms with Crippen molar-refractivity contribution in [3.05, 3.63) is 35.4 Å². The fraction of sp³-hybridized carbons (Fsp3) is 0.222. The molecule has 0 amide bonds. The summed E-state index contributed by atoms with van der Waals surface area (Å²) in [5.74, 6) is -0.216. The number of rotatable bonds is 1. The van der Waals surface area contributed by atoms with Crippen molar-refractivity contribution in [2.75, 3.05) is 0 Å². The molecule has 0 aliphatic heterocycles. The van der Waals surface area contributed by atoms with E-state index in [-0.39, 0.29) is 16.9 Å². The third-order valence-corrected chi connectivity index (χ3v) is 1.31. The van der Waals surface area contributed by atoms with Crippen LogP contribution in [0.5, 0.6) is 0 Å². The summed E-state index contributed by atoms with van der Waals surface area (Å²) >= 11 is 0. The van der Waals surface area contributed by atoms with Gasteiger partial charge in [-0.3, -0.25) is 4.79 Å². The third-order valence-electron chi connectivity index (χ3n) is 1.31. The number of ketones is 1. The highest BCUT2D eigenvalue weighted by atomic mass is 16.1. The summed E-state index contributed by atoms with van der Waals surface area (Å²) in [7, 11) is 0. The fourth-order valence-electron chi connectivity index (χ4n) is 0.790. The van der Waals surface area contributed by atoms with Crippen molar-refractivity contribution in [2.45, 2.75) is 13.8 Å². The molecule has 0 saturated carbocycles. The van der Waals surface area contributed by atoms with Gasteiger partial charge < -0.3 is 0 Å². The van der Waals surface area contributed by atoms with Crippen molar-refractivity contribution in [1.82, 2.24) is 0 Å². The molecule has 0 N–H and O–H groups in total. The molecular weight excluding hydrogens is 124 g/mol. The lowest BCUT2D eigenvalue weighted by Crippen LogP contribution is -1.93. The molecule has 1 aromatic rings. The van der Waals surface area contributed by atoms with E-state index in [1.807, 2.05) is 0 Å². The average Bonchev–Trinajstić information content (AvgIpc) is 2.03. The summed E-state index contributed by atoms with van der Waals surface area (Å²) < 4.78 is 21.6. The molecule has 0 aliphatic carbocycles. The zero-order valence-corrected chi connectivity index (χ0v) is 5.72. The number of carbonyl (C=O) groups excluding carboxylic acids is 1. The number of Topliss-reactive ketones (excluding diaryl/α,β-unsaturated/α-hetero) is 1. The minimum absolute atomic E-state index is 0.127. The standard InChI is InChI=1S/C9H10O/c1-7-5-3-4-6-9(7)8(2)10/h3-6H,1-2H3/i1D3. The van der Waals surface area contributed by atoms with Crippen LogP contribution in [0.25, 0.3) is 0 Å². The Morgan fingerprint density at radius 1 is 1.50 bits per heavy atom. The second-order valence-corrected chi connectivity index (χ2v) is 2.10. The van der Waals surface area contributed by atoms with Crippen molar-refractivity contribution in [2.24, 2.45) is 0 Å². The first-order chi connectivity index (χ1) is 5.93. The zero-order chi connectivity index (χ0) is 10.1. The Hall–Kier alpha value is -1.11. The van der Waals surface area contributed by atoms with Gasteiger partial charge in [0.25, 0.3) is 0 Å². The first-order valence-corrected chi connectivity index (χ1v) is 3.03. The van der Waals surface area contributed by atoms with Gasteiger partial charge >= 0.3 is 0 Å². The van der Waals surface area contributed by atoms with Crippen LogP contribution in [0, 0.1) is 6.85 Å². The molecule has 0 unspecified atom stereocenters. The van der Waals surface area contributed by atoms with Crippen molar-refractivity contribution >= 4 is 5.78 Å². The van der Waals surface area contributed by atoms with Crippen molar-refractivity contribution in [3.63, 3.8) is 0 Å². The van der Waals surface area contributed by atoms with E-state index >= 15 is 0 Å². The monoisotopic (exact) mass is 137 g/mol. The van der Waals surface area contributed by atoms with Gasteiger partial charge in [-0.2, -0.15) is 0 Å². The maximum absolute atomic E-state index is 11.1. The molecule has 0 saturated heterocycles. The lowest BCUT2D eigenvalue weighted by molar-refractivity contribution is 0.101. The first kappa shape index (κ1) is 3.91. The quantitative estimate of drug-likeness (QED) is 0.542. The summed E-state index contributed by atoms with van der Waals surface area (Å²) in [6.45, 7) is -0.840. The second-order valence-electron chi connectivity index (χ2n) is 2.10. The van der Waals surface area contributed by atoms with Crippen LogP contribution in [-0.2, 0) is 0 Å². The molecular formula is C9H10O. The van der Waals surface area contributed by atoms with Gasteiger partial charge in [-0.1, -0.05) is 24.3 Å². The van der Waals surface area contributed by atoms with Crippen LogP contribution in [0.2, 0.25) is 0 Å². The van der Waals surface area contributed by atoms with E-state index < -0.39 is 6.85 Å². The lowest BCUT2D eigenvalue weighted by atomic mass is 10.1. The highest BCUT2D eigenvalue weighted by Gasteiger charge is 1.99. The van der Waals surface area contributed by atoms with Gasteiger partial charge in [-0.05, 0) is 19.3 Å². The summed E-state index contributed by atoms with van der Waals surface area (Å²) in [5, 5.41) is 0. The van der Waals surface area contributed by atoms with E-state index in [2.05, 4.69) is 0 Å². The molecule has 10 heavy (non-hydrogen) atoms. The summed E-state index contributed by atoms with van der Waals surface area (Å²) in [6, 6.07) is 6.27. The maximum Gasteiger partial charge on any atom is 0.160 e. The minimum Gasteiger partial charge on any atom is -0.295 e. The smallest absolute Gasteiger partial charge is 0.160 e. The molecule has 1 aromatic carbocycles. The maximum atomic E-state index is 11.1. The van der Waals surface area contributed by atoms with E-state index in [0.29, 0.717) is 0 Å². The topological polar surface area (TPSA) is 17.1 Å². The minimum atomic E-state index is -2.21. The van der Waals surface area contributed by atoms with Crippen LogP contribution in [0.4, 0.5) is 0 Å². The van der Waals surface area contributed by atoms with Crippen LogP contribution in [0.3, 0.4) is 0 Å². The molecule has 0 radical (unpaired) electrons. The molecule has 0 heterocycles. The Morgan fingerprint density at radius 3 is 2.70 bits per heavy atom. The number of hydrogen-bond donors (Lipinski definition) is 0. The van der Waals surface area contributed by atoms with E-state index in [1.54, 1.807) is 12.1 Å². The third kappa shape index (κ3) is 1.24. The van der Waals surface area contributed by atoms with Gasteiger partial charge in [0.15, 0.2) is 5.78 Å². The SMILES string of the molecule is [2H]C([2H])([2H])c1ccccc1C(C)=O. The highest BCUT2D eigenvalue weighted by Crippen LogP contribution is 2.06. The van der Waals surface area contributed by atoms with E-state index in [9.17, 15) is 4.79 Å². The van der Waals surface area contributed by atoms with Gasteiger partial charge in [0.1, 0.15) is 0 Å². The molecule has 0 aromatic heterocycles. The fourth-order valence-corrected chi connectivity index (χ4v) is 0.790. The van der Waals surface area contributed by atoms with Crippen LogP contribution < -0.4 is 0 Å². The Bertz CT molecular complexity index is 328. The van der Waals surface area contributed by atoms with Gasteiger partial charge in [0.05, 0.1) is 0 Å². The number of carbonyl (C=O) groups is 1. The average molecular weight is 137 g/mol. The van der Waals surface area contributed by atoms with Gasteiger partial charge in [-0.15, -0.1) is 0 Å². The molecule has 1 nitrogen and oxygen atoms in total. The van der Waals surface area contributed by atoms with E-state index in [1.165, 1.54) is 19.1 Å². The predicted molar refractivity (Wildman–Crippen MR) is 41.2 cm³/mol. The van der Waals surface area contributed by atoms with E-state index in [0.717, 1.165) is 0 Å². The molecule has 52 valence electrons. The summed E-state index contributed by atoms with van der Waals surface area (Å²) in [4.78, 5) is 11.1. The van der Waals surface area contributed by atoms with Crippen LogP contribution in [0.15, 0.2) is 24.3 Å². The highest BCUT2D eigenvalue weighted by molar-refractivity contribution is 5.95. The zero-order valence-electron chi connectivity index (χ0n) is 8.72. The molecule has 0 spiro atoms.